The molecule has 0 heterocycles. The molecule has 0 aliphatic rings. The Kier molecular flexibility index (Phi) is 7.23. The zero-order valence-electron chi connectivity index (χ0n) is 8.92. The molecule has 0 unspecified atom stereocenters. The zero-order valence-corrected chi connectivity index (χ0v) is 8.92. The molecule has 1 aromatic rings. The van der Waals surface area contributed by atoms with E-state index < -0.39 is 11.9 Å². The summed E-state index contributed by atoms with van der Waals surface area (Å²) >= 11 is 0. The molecule has 0 atom stereocenters. The van der Waals surface area contributed by atoms with Gasteiger partial charge in [-0.3, -0.25) is 4.79 Å². The number of hydrogen-bond acceptors (Lipinski definition) is 3. The van der Waals surface area contributed by atoms with Gasteiger partial charge in [-0.2, -0.15) is 0 Å². The van der Waals surface area contributed by atoms with Crippen molar-refractivity contribution in [1.82, 2.24) is 0 Å². The third-order valence-corrected chi connectivity index (χ3v) is 1.41. The summed E-state index contributed by atoms with van der Waals surface area (Å²) in [6.45, 7) is 1.31. The number of aliphatic carboxylic acids is 2. The smallest absolute Gasteiger partial charge is 0.341 e. The summed E-state index contributed by atoms with van der Waals surface area (Å²) in [6, 6.07) is 8.84. The first kappa shape index (κ1) is 14.0. The number of benzene rings is 1. The maximum atomic E-state index is 10.0. The van der Waals surface area contributed by atoms with Crippen molar-refractivity contribution in [3.05, 3.63) is 30.3 Å². The third kappa shape index (κ3) is 8.55. The highest BCUT2D eigenvalue weighted by molar-refractivity contribution is 5.68. The van der Waals surface area contributed by atoms with Crippen molar-refractivity contribution in [3.63, 3.8) is 0 Å². The van der Waals surface area contributed by atoms with Gasteiger partial charge >= 0.3 is 11.9 Å². The lowest BCUT2D eigenvalue weighted by atomic mass is 10.3. The van der Waals surface area contributed by atoms with Crippen LogP contribution in [0.2, 0.25) is 0 Å². The monoisotopic (exact) mass is 226 g/mol. The van der Waals surface area contributed by atoms with Crippen LogP contribution in [0.3, 0.4) is 0 Å². The molecule has 0 fully saturated rings. The molecular weight excluding hydrogens is 212 g/mol. The van der Waals surface area contributed by atoms with Crippen LogP contribution in [0, 0.1) is 0 Å². The van der Waals surface area contributed by atoms with Crippen LogP contribution in [-0.4, -0.2) is 28.8 Å². The molecule has 1 rings (SSSR count). The number of carbonyl (C=O) groups is 2. The van der Waals surface area contributed by atoms with Gasteiger partial charge in [-0.05, 0) is 12.1 Å². The Labute approximate surface area is 93.3 Å². The largest absolute Gasteiger partial charge is 0.482 e. The van der Waals surface area contributed by atoms with E-state index in [1.807, 2.05) is 6.07 Å². The molecule has 0 bridgehead atoms. The van der Waals surface area contributed by atoms with Crippen molar-refractivity contribution in [3.8, 4) is 5.75 Å². The molecule has 5 nitrogen and oxygen atoms in total. The van der Waals surface area contributed by atoms with E-state index in [1.54, 1.807) is 31.2 Å². The molecule has 88 valence electrons. The van der Waals surface area contributed by atoms with Crippen LogP contribution in [0.15, 0.2) is 30.3 Å². The van der Waals surface area contributed by atoms with Crippen molar-refractivity contribution in [1.29, 1.82) is 0 Å². The first-order valence-electron chi connectivity index (χ1n) is 4.67. The Morgan fingerprint density at radius 1 is 1.12 bits per heavy atom. The molecule has 0 saturated carbocycles. The molecule has 0 spiro atoms. The van der Waals surface area contributed by atoms with Gasteiger partial charge in [0.15, 0.2) is 6.61 Å². The summed E-state index contributed by atoms with van der Waals surface area (Å²) < 4.78 is 4.87. The summed E-state index contributed by atoms with van der Waals surface area (Å²) in [5.74, 6) is -1.13. The van der Waals surface area contributed by atoms with E-state index in [1.165, 1.54) is 0 Å². The first-order chi connectivity index (χ1) is 7.56. The normalized spacial score (nSPS) is 8.56. The number of carboxylic acid groups (broad SMARTS) is 2. The summed E-state index contributed by atoms with van der Waals surface area (Å²) in [5.41, 5.74) is 0. The minimum Gasteiger partial charge on any atom is -0.482 e. The van der Waals surface area contributed by atoms with E-state index in [0.29, 0.717) is 5.75 Å². The van der Waals surface area contributed by atoms with Gasteiger partial charge in [0.05, 0.1) is 0 Å². The summed E-state index contributed by atoms with van der Waals surface area (Å²) in [7, 11) is 0. The highest BCUT2D eigenvalue weighted by Gasteiger charge is 1.96. The molecule has 2 N–H and O–H groups in total. The second-order valence-electron chi connectivity index (χ2n) is 2.74. The Hall–Kier alpha value is -2.04. The minimum absolute atomic E-state index is 0.222. The van der Waals surface area contributed by atoms with Gasteiger partial charge in [0, 0.05) is 6.42 Å². The number of para-hydroxylation sites is 1. The highest BCUT2D eigenvalue weighted by Crippen LogP contribution is 2.07. The van der Waals surface area contributed by atoms with E-state index in [0.717, 1.165) is 0 Å². The number of carboxylic acids is 2. The zero-order chi connectivity index (χ0) is 12.4. The van der Waals surface area contributed by atoms with Crippen molar-refractivity contribution in [2.75, 3.05) is 6.61 Å². The lowest BCUT2D eigenvalue weighted by Gasteiger charge is -2.00. The maximum absolute atomic E-state index is 10.0. The van der Waals surface area contributed by atoms with Crippen molar-refractivity contribution in [2.45, 2.75) is 13.3 Å². The molecule has 0 aliphatic carbocycles. The average molecular weight is 226 g/mol. The van der Waals surface area contributed by atoms with Crippen LogP contribution < -0.4 is 4.74 Å². The van der Waals surface area contributed by atoms with Gasteiger partial charge in [-0.1, -0.05) is 25.1 Å². The predicted molar refractivity (Wildman–Crippen MR) is 57.5 cm³/mol. The van der Waals surface area contributed by atoms with Gasteiger partial charge in [-0.25, -0.2) is 4.79 Å². The fraction of sp³-hybridized carbons (Fsp3) is 0.273. The van der Waals surface area contributed by atoms with Crippen LogP contribution >= 0.6 is 0 Å². The Morgan fingerprint density at radius 2 is 1.62 bits per heavy atom. The van der Waals surface area contributed by atoms with Crippen LogP contribution in [-0.2, 0) is 9.59 Å². The number of rotatable bonds is 4. The van der Waals surface area contributed by atoms with Crippen LogP contribution in [0.5, 0.6) is 5.75 Å². The van der Waals surface area contributed by atoms with Gasteiger partial charge in [-0.15, -0.1) is 0 Å². The number of hydrogen-bond donors (Lipinski definition) is 2. The lowest BCUT2D eigenvalue weighted by Crippen LogP contribution is -2.09. The van der Waals surface area contributed by atoms with Crippen molar-refractivity contribution >= 4 is 11.9 Å². The second kappa shape index (κ2) is 8.28. The maximum Gasteiger partial charge on any atom is 0.341 e. The average Bonchev–Trinajstić information content (AvgIpc) is 2.28. The fourth-order valence-corrected chi connectivity index (χ4v) is 0.662. The van der Waals surface area contributed by atoms with E-state index in [4.69, 9.17) is 14.9 Å². The molecule has 5 heteroatoms. The Morgan fingerprint density at radius 3 is 2.00 bits per heavy atom. The Balaban J connectivity index is 0.000000385. The lowest BCUT2D eigenvalue weighted by molar-refractivity contribution is -0.139. The molecule has 16 heavy (non-hydrogen) atoms. The third-order valence-electron chi connectivity index (χ3n) is 1.41. The van der Waals surface area contributed by atoms with Gasteiger partial charge in [0.2, 0.25) is 0 Å². The Bertz CT molecular complexity index is 320. The summed E-state index contributed by atoms with van der Waals surface area (Å²) in [5, 5.41) is 16.0. The molecule has 1 aromatic carbocycles. The molecular formula is C11H14O5. The van der Waals surface area contributed by atoms with Gasteiger partial charge in [0.1, 0.15) is 5.75 Å². The molecule has 0 amide bonds. The number of ether oxygens (including phenoxy) is 1. The summed E-state index contributed by atoms with van der Waals surface area (Å²) in [4.78, 5) is 19.4. The summed E-state index contributed by atoms with van der Waals surface area (Å²) in [6.07, 6.45) is 0.222. The highest BCUT2D eigenvalue weighted by atomic mass is 16.5. The molecule has 0 aromatic heterocycles. The molecule has 0 aliphatic heterocycles. The van der Waals surface area contributed by atoms with E-state index in [2.05, 4.69) is 0 Å². The predicted octanol–water partition coefficient (Wildman–Crippen LogP) is 1.63. The van der Waals surface area contributed by atoms with Gasteiger partial charge < -0.3 is 14.9 Å². The van der Waals surface area contributed by atoms with E-state index in [-0.39, 0.29) is 13.0 Å². The van der Waals surface area contributed by atoms with Crippen LogP contribution in [0.25, 0.3) is 0 Å². The van der Waals surface area contributed by atoms with Crippen LogP contribution in [0.4, 0.5) is 0 Å². The molecule has 0 radical (unpaired) electrons. The quantitative estimate of drug-likeness (QED) is 0.815. The van der Waals surface area contributed by atoms with Crippen molar-refractivity contribution in [2.24, 2.45) is 0 Å². The second-order valence-corrected chi connectivity index (χ2v) is 2.74. The van der Waals surface area contributed by atoms with Gasteiger partial charge in [0.25, 0.3) is 0 Å². The SMILES string of the molecule is CCC(=O)O.O=C(O)COc1ccccc1. The first-order valence-corrected chi connectivity index (χ1v) is 4.67. The minimum atomic E-state index is -0.964. The topological polar surface area (TPSA) is 83.8 Å². The standard InChI is InChI=1S/C8H8O3.C3H6O2/c9-8(10)6-11-7-4-2-1-3-5-7;1-2-3(4)5/h1-5H,6H2,(H,9,10);2H2,1H3,(H,4,5). The van der Waals surface area contributed by atoms with E-state index >= 15 is 0 Å². The van der Waals surface area contributed by atoms with E-state index in [9.17, 15) is 9.59 Å². The van der Waals surface area contributed by atoms with Crippen molar-refractivity contribution < 1.29 is 24.5 Å². The van der Waals surface area contributed by atoms with Crippen LogP contribution in [0.1, 0.15) is 13.3 Å². The molecule has 0 saturated heterocycles. The fourth-order valence-electron chi connectivity index (χ4n) is 0.662.